The van der Waals surface area contributed by atoms with Gasteiger partial charge in [0, 0.05) is 43.6 Å². The molecule has 0 radical (unpaired) electrons. The fraction of sp³-hybridized carbons (Fsp3) is 0.581. The Balaban J connectivity index is 1.56. The van der Waals surface area contributed by atoms with Crippen LogP contribution >= 0.6 is 11.8 Å². The minimum absolute atomic E-state index is 0.0219. The number of hydrogen-bond donors (Lipinski definition) is 1. The number of hydrogen-bond acceptors (Lipinski definition) is 5. The molecular formula is C31H41N3O4S. The summed E-state index contributed by atoms with van der Waals surface area (Å²) in [5.41, 5.74) is 1.05. The van der Waals surface area contributed by atoms with E-state index >= 15 is 0 Å². The van der Waals surface area contributed by atoms with Gasteiger partial charge in [-0.05, 0) is 38.7 Å². The molecule has 0 aliphatic carbocycles. The Labute approximate surface area is 236 Å². The van der Waals surface area contributed by atoms with Crippen LogP contribution < -0.4 is 0 Å². The predicted octanol–water partition coefficient (Wildman–Crippen LogP) is 3.63. The lowest BCUT2D eigenvalue weighted by atomic mass is 9.74. The Morgan fingerprint density at radius 2 is 1.74 bits per heavy atom. The molecule has 4 aliphatic heterocycles. The fourth-order valence-corrected chi connectivity index (χ4v) is 9.30. The summed E-state index contributed by atoms with van der Waals surface area (Å²) in [4.78, 5) is 48.6. The molecule has 210 valence electrons. The lowest BCUT2D eigenvalue weighted by molar-refractivity contribution is -0.145. The van der Waals surface area contributed by atoms with E-state index in [2.05, 4.69) is 45.1 Å². The summed E-state index contributed by atoms with van der Waals surface area (Å²) >= 11 is 1.63. The van der Waals surface area contributed by atoms with Crippen LogP contribution in [0.25, 0.3) is 0 Å². The third-order valence-corrected chi connectivity index (χ3v) is 10.7. The largest absolute Gasteiger partial charge is 0.396 e. The highest BCUT2D eigenvalue weighted by Gasteiger charge is 2.73. The maximum Gasteiger partial charge on any atom is 0.247 e. The number of unbranched alkanes of at least 4 members (excludes halogenated alkanes) is 1. The number of fused-ring (bicyclic) bond motifs is 2. The molecule has 2 unspecified atom stereocenters. The molecule has 2 fully saturated rings. The van der Waals surface area contributed by atoms with Crippen LogP contribution in [-0.2, 0) is 20.9 Å². The second-order valence-electron chi connectivity index (χ2n) is 11.6. The summed E-state index contributed by atoms with van der Waals surface area (Å²) in [6.45, 7) is 8.20. The smallest absolute Gasteiger partial charge is 0.247 e. The summed E-state index contributed by atoms with van der Waals surface area (Å²) in [6.07, 6.45) is 11.4. The second-order valence-corrected chi connectivity index (χ2v) is 13.4. The quantitative estimate of drug-likeness (QED) is 0.375. The Kier molecular flexibility index (Phi) is 7.98. The van der Waals surface area contributed by atoms with Crippen molar-refractivity contribution in [3.05, 3.63) is 60.2 Å². The zero-order valence-electron chi connectivity index (χ0n) is 23.3. The average molecular weight is 552 g/mol. The lowest BCUT2D eigenvalue weighted by Gasteiger charge is -2.38. The van der Waals surface area contributed by atoms with Gasteiger partial charge in [-0.2, -0.15) is 0 Å². The van der Waals surface area contributed by atoms with Gasteiger partial charge < -0.3 is 19.8 Å². The van der Waals surface area contributed by atoms with Gasteiger partial charge in [0.25, 0.3) is 0 Å². The Morgan fingerprint density at radius 1 is 1.00 bits per heavy atom. The molecule has 0 aromatic heterocycles. The topological polar surface area (TPSA) is 81.2 Å². The van der Waals surface area contributed by atoms with Crippen LogP contribution in [0.1, 0.15) is 52.0 Å². The summed E-state index contributed by atoms with van der Waals surface area (Å²) < 4.78 is -1.42. The third kappa shape index (κ3) is 4.73. The van der Waals surface area contributed by atoms with Crippen LogP contribution in [0.3, 0.4) is 0 Å². The lowest BCUT2D eigenvalue weighted by Crippen LogP contribution is -2.55. The van der Waals surface area contributed by atoms with Gasteiger partial charge in [0.2, 0.25) is 17.7 Å². The van der Waals surface area contributed by atoms with Crippen LogP contribution in [0.2, 0.25) is 0 Å². The van der Waals surface area contributed by atoms with Crippen molar-refractivity contribution in [3.63, 3.8) is 0 Å². The molecule has 8 heteroatoms. The minimum Gasteiger partial charge on any atom is -0.396 e. The summed E-state index contributed by atoms with van der Waals surface area (Å²) in [7, 11) is 0. The summed E-state index contributed by atoms with van der Waals surface area (Å²) in [5, 5.41) is 9.42. The molecule has 4 aliphatic rings. The number of carbonyl (C=O) groups excluding carboxylic acids is 3. The highest BCUT2D eigenvalue weighted by Crippen LogP contribution is 2.65. The number of likely N-dealkylation sites (tertiary alicyclic amines) is 1. The van der Waals surface area contributed by atoms with Gasteiger partial charge in [-0.15, -0.1) is 11.8 Å². The van der Waals surface area contributed by atoms with E-state index in [0.29, 0.717) is 39.0 Å². The number of carbonyl (C=O) groups is 3. The van der Waals surface area contributed by atoms with E-state index in [-0.39, 0.29) is 30.4 Å². The van der Waals surface area contributed by atoms with E-state index < -0.39 is 27.4 Å². The van der Waals surface area contributed by atoms with E-state index in [1.807, 2.05) is 40.1 Å². The molecule has 1 aromatic carbocycles. The van der Waals surface area contributed by atoms with Gasteiger partial charge >= 0.3 is 0 Å². The van der Waals surface area contributed by atoms with Crippen molar-refractivity contribution in [1.29, 1.82) is 0 Å². The van der Waals surface area contributed by atoms with E-state index in [9.17, 15) is 19.5 Å². The van der Waals surface area contributed by atoms with E-state index in [4.69, 9.17) is 0 Å². The van der Waals surface area contributed by atoms with Crippen molar-refractivity contribution in [2.45, 2.75) is 74.6 Å². The summed E-state index contributed by atoms with van der Waals surface area (Å²) in [5.74, 6) is -1.34. The van der Waals surface area contributed by atoms with Gasteiger partial charge in [0.15, 0.2) is 0 Å². The standard InChI is InChI=1S/C31H41N3O4S/c1-4-12-22(2)33-19-11-16-31-25(28(37)34(18-8-9-20-35)26(31)29(33)38)24-27(36)32(17-10-15-30(24,3)39-31)21-23-13-6-5-7-14-23/h5-7,10-11,13-16,22,24-26,35H,4,8-9,12,17-21H2,1-3H3/t22?,24-,25+,26?,30+,31+/m1/s1. The molecule has 4 heterocycles. The number of amides is 3. The van der Waals surface area contributed by atoms with Crippen molar-refractivity contribution in [2.75, 3.05) is 26.2 Å². The number of thioether (sulfide) groups is 1. The van der Waals surface area contributed by atoms with Gasteiger partial charge in [0.05, 0.1) is 16.6 Å². The van der Waals surface area contributed by atoms with Crippen LogP contribution in [0, 0.1) is 11.8 Å². The molecule has 1 N–H and O–H groups in total. The van der Waals surface area contributed by atoms with E-state index in [1.165, 1.54) is 0 Å². The first-order chi connectivity index (χ1) is 18.8. The molecule has 0 bridgehead atoms. The molecular weight excluding hydrogens is 510 g/mol. The number of aliphatic hydroxyl groups excluding tert-OH is 1. The van der Waals surface area contributed by atoms with Gasteiger partial charge in [-0.25, -0.2) is 0 Å². The first kappa shape index (κ1) is 28.0. The first-order valence-corrected chi connectivity index (χ1v) is 15.2. The number of rotatable bonds is 9. The van der Waals surface area contributed by atoms with Crippen molar-refractivity contribution >= 4 is 29.5 Å². The Morgan fingerprint density at radius 3 is 2.46 bits per heavy atom. The zero-order chi connectivity index (χ0) is 27.8. The van der Waals surface area contributed by atoms with Gasteiger partial charge in [-0.1, -0.05) is 68.0 Å². The van der Waals surface area contributed by atoms with E-state index in [1.54, 1.807) is 16.7 Å². The maximum atomic E-state index is 14.4. The number of benzene rings is 1. The third-order valence-electron chi connectivity index (χ3n) is 8.93. The van der Waals surface area contributed by atoms with Crippen LogP contribution in [0.5, 0.6) is 0 Å². The SMILES string of the molecule is CCCC(C)N1CC=C[C@]23S[C@@]4(C)C=CCN(Cc5ccccc5)C(=O)[C@H]4[C@H]2C(=O)N(CCCCO)C3C1=O. The van der Waals surface area contributed by atoms with Crippen LogP contribution in [0.15, 0.2) is 54.6 Å². The predicted molar refractivity (Wildman–Crippen MR) is 154 cm³/mol. The molecule has 7 nitrogen and oxygen atoms in total. The van der Waals surface area contributed by atoms with Crippen molar-refractivity contribution in [3.8, 4) is 0 Å². The van der Waals surface area contributed by atoms with Crippen molar-refractivity contribution in [2.24, 2.45) is 11.8 Å². The highest BCUT2D eigenvalue weighted by molar-refractivity contribution is 8.02. The molecule has 6 atom stereocenters. The fourth-order valence-electron chi connectivity index (χ4n) is 7.14. The average Bonchev–Trinajstić information content (AvgIpc) is 3.18. The van der Waals surface area contributed by atoms with Crippen molar-refractivity contribution < 1.29 is 19.5 Å². The Bertz CT molecular complexity index is 1160. The zero-order valence-corrected chi connectivity index (χ0v) is 24.1. The maximum absolute atomic E-state index is 14.4. The molecule has 1 spiro atoms. The van der Waals surface area contributed by atoms with Crippen LogP contribution in [-0.4, -0.2) is 85.3 Å². The summed E-state index contributed by atoms with van der Waals surface area (Å²) in [6, 6.07) is 9.34. The highest BCUT2D eigenvalue weighted by atomic mass is 32.2. The van der Waals surface area contributed by atoms with Crippen molar-refractivity contribution in [1.82, 2.24) is 14.7 Å². The molecule has 39 heavy (non-hydrogen) atoms. The minimum atomic E-state index is -0.816. The molecule has 5 rings (SSSR count). The normalized spacial score (nSPS) is 32.7. The van der Waals surface area contributed by atoms with Gasteiger partial charge in [-0.3, -0.25) is 14.4 Å². The molecule has 3 amide bonds. The van der Waals surface area contributed by atoms with Gasteiger partial charge in [0.1, 0.15) is 6.04 Å². The molecule has 1 aromatic rings. The molecule has 2 saturated heterocycles. The molecule has 0 saturated carbocycles. The first-order valence-electron chi connectivity index (χ1n) is 14.4. The second kappa shape index (κ2) is 11.1. The monoisotopic (exact) mass is 551 g/mol. The van der Waals surface area contributed by atoms with E-state index in [0.717, 1.165) is 18.4 Å². The van der Waals surface area contributed by atoms with Crippen LogP contribution in [0.4, 0.5) is 0 Å². The number of nitrogens with zero attached hydrogens (tertiary/aromatic N) is 3. The Hall–Kier alpha value is -2.58. The number of aliphatic hydroxyl groups is 1.